The first-order valence-electron chi connectivity index (χ1n) is 8.71. The van der Waals surface area contributed by atoms with Crippen LogP contribution < -0.4 is 5.32 Å². The van der Waals surface area contributed by atoms with Crippen molar-refractivity contribution in [2.75, 3.05) is 5.32 Å². The van der Waals surface area contributed by atoms with Gasteiger partial charge in [0.15, 0.2) is 5.82 Å². The number of halogens is 2. The molecule has 0 fully saturated rings. The van der Waals surface area contributed by atoms with Crippen LogP contribution in [0, 0.1) is 11.6 Å². The Morgan fingerprint density at radius 2 is 1.63 bits per heavy atom. The van der Waals surface area contributed by atoms with Crippen molar-refractivity contribution in [2.24, 2.45) is 0 Å². The molecule has 6 heteroatoms. The second-order valence-corrected chi connectivity index (χ2v) is 6.16. The number of nitrogens with one attached hydrogen (secondary N) is 1. The van der Waals surface area contributed by atoms with Crippen LogP contribution in [0.15, 0.2) is 54.7 Å². The quantitative estimate of drug-likeness (QED) is 0.695. The summed E-state index contributed by atoms with van der Waals surface area (Å²) in [4.78, 5) is 21.2. The molecule has 3 rings (SSSR count). The Morgan fingerprint density at radius 3 is 2.26 bits per heavy atom. The molecule has 0 aliphatic carbocycles. The zero-order valence-electron chi connectivity index (χ0n) is 14.9. The van der Waals surface area contributed by atoms with E-state index < -0.39 is 0 Å². The van der Waals surface area contributed by atoms with Gasteiger partial charge in [0.2, 0.25) is 5.91 Å². The van der Waals surface area contributed by atoms with Gasteiger partial charge in [-0.15, -0.1) is 0 Å². The van der Waals surface area contributed by atoms with E-state index in [1.54, 1.807) is 30.5 Å². The van der Waals surface area contributed by atoms with Crippen LogP contribution in [-0.2, 0) is 17.6 Å². The van der Waals surface area contributed by atoms with Gasteiger partial charge >= 0.3 is 0 Å². The smallest absolute Gasteiger partial charge is 0.229 e. The van der Waals surface area contributed by atoms with Gasteiger partial charge in [0, 0.05) is 5.56 Å². The molecule has 1 amide bonds. The number of carbonyl (C=O) groups is 1. The van der Waals surface area contributed by atoms with Crippen LogP contribution >= 0.6 is 0 Å². The van der Waals surface area contributed by atoms with Crippen LogP contribution in [0.5, 0.6) is 0 Å². The van der Waals surface area contributed by atoms with Crippen molar-refractivity contribution in [1.82, 2.24) is 9.97 Å². The van der Waals surface area contributed by atoms with Crippen LogP contribution in [0.1, 0.15) is 24.6 Å². The Hall–Kier alpha value is -3.15. The Kier molecular flexibility index (Phi) is 5.86. The van der Waals surface area contributed by atoms with Gasteiger partial charge < -0.3 is 5.32 Å². The molecule has 1 heterocycles. The molecular weight excluding hydrogens is 348 g/mol. The summed E-state index contributed by atoms with van der Waals surface area (Å²) in [5, 5.41) is 2.78. The normalized spacial score (nSPS) is 10.6. The van der Waals surface area contributed by atoms with Crippen molar-refractivity contribution in [1.29, 1.82) is 0 Å². The topological polar surface area (TPSA) is 54.9 Å². The Morgan fingerprint density at radius 1 is 1.00 bits per heavy atom. The molecule has 4 nitrogen and oxygen atoms in total. The van der Waals surface area contributed by atoms with Gasteiger partial charge in [-0.2, -0.15) is 0 Å². The highest BCUT2D eigenvalue weighted by molar-refractivity contribution is 5.91. The van der Waals surface area contributed by atoms with Gasteiger partial charge in [0.25, 0.3) is 0 Å². The molecule has 0 bridgehead atoms. The summed E-state index contributed by atoms with van der Waals surface area (Å²) in [7, 11) is 0. The minimum atomic E-state index is -0.341. The molecule has 0 aliphatic rings. The van der Waals surface area contributed by atoms with Crippen molar-refractivity contribution < 1.29 is 13.6 Å². The van der Waals surface area contributed by atoms with Gasteiger partial charge in [0.1, 0.15) is 11.6 Å². The number of aryl methyl sites for hydroxylation is 1. The highest BCUT2D eigenvalue weighted by atomic mass is 19.1. The van der Waals surface area contributed by atoms with E-state index in [0.29, 0.717) is 29.2 Å². The van der Waals surface area contributed by atoms with Crippen molar-refractivity contribution in [3.8, 4) is 11.3 Å². The fourth-order valence-electron chi connectivity index (χ4n) is 2.67. The predicted molar refractivity (Wildman–Crippen MR) is 100 cm³/mol. The molecule has 0 aliphatic heterocycles. The average Bonchev–Trinajstić information content (AvgIpc) is 2.66. The van der Waals surface area contributed by atoms with Crippen LogP contribution in [0.25, 0.3) is 11.3 Å². The number of hydrogen-bond donors (Lipinski definition) is 1. The predicted octanol–water partition coefficient (Wildman–Crippen LogP) is 4.56. The second kappa shape index (κ2) is 8.49. The molecular formula is C21H19F2N3O. The lowest BCUT2D eigenvalue weighted by Crippen LogP contribution is -2.17. The Balaban J connectivity index is 1.78. The van der Waals surface area contributed by atoms with Crippen LogP contribution in [-0.4, -0.2) is 15.9 Å². The summed E-state index contributed by atoms with van der Waals surface area (Å²) in [6.45, 7) is 2.01. The summed E-state index contributed by atoms with van der Waals surface area (Å²) in [6, 6.07) is 11.8. The fraction of sp³-hybridized carbons (Fsp3) is 0.190. The third kappa shape index (κ3) is 4.94. The number of rotatable bonds is 6. The van der Waals surface area contributed by atoms with Crippen molar-refractivity contribution in [2.45, 2.75) is 26.2 Å². The summed E-state index contributed by atoms with van der Waals surface area (Å²) < 4.78 is 26.1. The lowest BCUT2D eigenvalue weighted by Gasteiger charge is -2.11. The minimum Gasteiger partial charge on any atom is -0.309 e. The summed E-state index contributed by atoms with van der Waals surface area (Å²) in [5.41, 5.74) is 2.76. The summed E-state index contributed by atoms with van der Waals surface area (Å²) in [6.07, 6.45) is 3.16. The first-order valence-corrected chi connectivity index (χ1v) is 8.71. The molecule has 0 unspecified atom stereocenters. The SMILES string of the molecule is CCCc1nc(-c2ccc(F)cc2)cnc1NC(=O)Cc1ccc(F)cc1. The van der Waals surface area contributed by atoms with Crippen molar-refractivity contribution in [3.05, 3.63) is 77.6 Å². The number of nitrogens with zero attached hydrogens (tertiary/aromatic N) is 2. The lowest BCUT2D eigenvalue weighted by molar-refractivity contribution is -0.115. The highest BCUT2D eigenvalue weighted by Gasteiger charge is 2.12. The van der Waals surface area contributed by atoms with E-state index in [1.807, 2.05) is 6.92 Å². The molecule has 1 N–H and O–H groups in total. The van der Waals surface area contributed by atoms with E-state index in [-0.39, 0.29) is 24.0 Å². The van der Waals surface area contributed by atoms with Crippen molar-refractivity contribution in [3.63, 3.8) is 0 Å². The van der Waals surface area contributed by atoms with Crippen molar-refractivity contribution >= 4 is 11.7 Å². The van der Waals surface area contributed by atoms with E-state index >= 15 is 0 Å². The van der Waals surface area contributed by atoms with Crippen LogP contribution in [0.2, 0.25) is 0 Å². The first kappa shape index (κ1) is 18.6. The zero-order chi connectivity index (χ0) is 19.2. The number of amides is 1. The third-order valence-corrected chi connectivity index (χ3v) is 4.01. The second-order valence-electron chi connectivity index (χ2n) is 6.16. The van der Waals surface area contributed by atoms with Gasteiger partial charge in [0.05, 0.1) is 24.0 Å². The number of carbonyl (C=O) groups excluding carboxylic acids is 1. The van der Waals surface area contributed by atoms with Gasteiger partial charge in [-0.05, 0) is 48.4 Å². The molecule has 0 saturated carbocycles. The van der Waals surface area contributed by atoms with Gasteiger partial charge in [-0.1, -0.05) is 25.5 Å². The first-order chi connectivity index (χ1) is 13.0. The molecule has 2 aromatic carbocycles. The Bertz CT molecular complexity index is 925. The van der Waals surface area contributed by atoms with Gasteiger partial charge in [-0.25, -0.2) is 18.7 Å². The fourth-order valence-corrected chi connectivity index (χ4v) is 2.67. The van der Waals surface area contributed by atoms with Gasteiger partial charge in [-0.3, -0.25) is 4.79 Å². The molecule has 0 radical (unpaired) electrons. The van der Waals surface area contributed by atoms with Crippen LogP contribution in [0.4, 0.5) is 14.6 Å². The van der Waals surface area contributed by atoms with E-state index in [1.165, 1.54) is 24.3 Å². The Labute approximate surface area is 156 Å². The third-order valence-electron chi connectivity index (χ3n) is 4.01. The molecule has 3 aromatic rings. The molecule has 1 aromatic heterocycles. The number of anilines is 1. The average molecular weight is 367 g/mol. The van der Waals surface area contributed by atoms with E-state index in [2.05, 4.69) is 15.3 Å². The van der Waals surface area contributed by atoms with E-state index in [0.717, 1.165) is 12.0 Å². The monoisotopic (exact) mass is 367 g/mol. The molecule has 0 spiro atoms. The zero-order valence-corrected chi connectivity index (χ0v) is 14.9. The van der Waals surface area contributed by atoms with Crippen LogP contribution in [0.3, 0.4) is 0 Å². The maximum atomic E-state index is 13.1. The molecule has 0 saturated heterocycles. The maximum absolute atomic E-state index is 13.1. The minimum absolute atomic E-state index is 0.118. The summed E-state index contributed by atoms with van der Waals surface area (Å²) in [5.74, 6) is -0.491. The molecule has 0 atom stereocenters. The molecule has 27 heavy (non-hydrogen) atoms. The standard InChI is InChI=1S/C21H19F2N3O/c1-2-3-18-21(26-20(27)12-14-4-8-16(22)9-5-14)24-13-19(25-18)15-6-10-17(23)11-7-15/h4-11,13H,2-3,12H2,1H3,(H,24,26,27). The number of hydrogen-bond acceptors (Lipinski definition) is 3. The largest absolute Gasteiger partial charge is 0.309 e. The number of aromatic nitrogens is 2. The highest BCUT2D eigenvalue weighted by Crippen LogP contribution is 2.21. The number of benzene rings is 2. The maximum Gasteiger partial charge on any atom is 0.229 e. The van der Waals surface area contributed by atoms with E-state index in [4.69, 9.17) is 0 Å². The van der Waals surface area contributed by atoms with E-state index in [9.17, 15) is 13.6 Å². The summed E-state index contributed by atoms with van der Waals surface area (Å²) >= 11 is 0. The molecule has 138 valence electrons. The lowest BCUT2D eigenvalue weighted by atomic mass is 10.1.